The van der Waals surface area contributed by atoms with Gasteiger partial charge in [0.2, 0.25) is 0 Å². The predicted octanol–water partition coefficient (Wildman–Crippen LogP) is 0.561. The molecule has 0 unspecified atom stereocenters. The molecule has 0 atom stereocenters. The van der Waals surface area contributed by atoms with E-state index in [1.807, 2.05) is 17.9 Å². The molecule has 4 heteroatoms. The van der Waals surface area contributed by atoms with Gasteiger partial charge in [-0.05, 0) is 24.5 Å². The first-order valence-corrected chi connectivity index (χ1v) is 7.55. The van der Waals surface area contributed by atoms with Gasteiger partial charge in [-0.3, -0.25) is 4.79 Å². The van der Waals surface area contributed by atoms with Crippen LogP contribution in [0.1, 0.15) is 24.5 Å². The molecule has 0 aromatic heterocycles. The predicted molar refractivity (Wildman–Crippen MR) is 78.3 cm³/mol. The van der Waals surface area contributed by atoms with E-state index in [1.54, 1.807) is 0 Å². The van der Waals surface area contributed by atoms with Crippen LogP contribution in [0.2, 0.25) is 0 Å². The molecule has 2 rings (SSSR count). The lowest BCUT2D eigenvalue weighted by molar-refractivity contribution is -0.645. The van der Waals surface area contributed by atoms with Crippen LogP contribution in [0.3, 0.4) is 0 Å². The summed E-state index contributed by atoms with van der Waals surface area (Å²) in [5.41, 5.74) is 2.68. The second-order valence-electron chi connectivity index (χ2n) is 5.17. The fourth-order valence-electron chi connectivity index (χ4n) is 2.54. The molecular weight excluding hydrogens is 252 g/mol. The van der Waals surface area contributed by atoms with Crippen molar-refractivity contribution in [3.8, 4) is 0 Å². The molecule has 1 amide bonds. The summed E-state index contributed by atoms with van der Waals surface area (Å²) in [7, 11) is 0. The van der Waals surface area contributed by atoms with Crippen molar-refractivity contribution in [2.24, 2.45) is 0 Å². The van der Waals surface area contributed by atoms with E-state index in [0.29, 0.717) is 6.54 Å². The number of carbonyl (C=O) groups is 1. The van der Waals surface area contributed by atoms with Gasteiger partial charge in [0.15, 0.2) is 6.54 Å². The lowest BCUT2D eigenvalue weighted by Crippen LogP contribution is -2.86. The summed E-state index contributed by atoms with van der Waals surface area (Å²) < 4.78 is 5.28. The molecule has 4 nitrogen and oxygen atoms in total. The minimum atomic E-state index is 0.246. The molecular formula is C16H25N2O2+. The van der Waals surface area contributed by atoms with Crippen LogP contribution >= 0.6 is 0 Å². The Labute approximate surface area is 121 Å². The van der Waals surface area contributed by atoms with Gasteiger partial charge in [-0.25, -0.2) is 0 Å². The van der Waals surface area contributed by atoms with Crippen molar-refractivity contribution < 1.29 is 14.8 Å². The van der Waals surface area contributed by atoms with Gasteiger partial charge in [-0.2, -0.15) is 0 Å². The molecule has 1 aliphatic heterocycles. The van der Waals surface area contributed by atoms with E-state index in [4.69, 9.17) is 4.74 Å². The number of amides is 1. The normalized spacial score (nSPS) is 14.2. The van der Waals surface area contributed by atoms with Gasteiger partial charge < -0.3 is 15.0 Å². The van der Waals surface area contributed by atoms with Crippen molar-refractivity contribution in [2.45, 2.75) is 26.3 Å². The number of quaternary nitrogens is 1. The molecule has 0 fully saturated rings. The summed E-state index contributed by atoms with van der Waals surface area (Å²) >= 11 is 0. The van der Waals surface area contributed by atoms with Crippen molar-refractivity contribution >= 4 is 5.91 Å². The molecule has 20 heavy (non-hydrogen) atoms. The van der Waals surface area contributed by atoms with Crippen LogP contribution in [0.25, 0.3) is 0 Å². The maximum atomic E-state index is 12.2. The lowest BCUT2D eigenvalue weighted by Gasteiger charge is -2.28. The molecule has 0 radical (unpaired) electrons. The number of nitrogens with zero attached hydrogens (tertiary/aromatic N) is 1. The first kappa shape index (κ1) is 15.0. The number of hydrogen-bond donors (Lipinski definition) is 1. The number of benzene rings is 1. The minimum Gasteiger partial charge on any atom is -0.382 e. The van der Waals surface area contributed by atoms with Crippen LogP contribution in [-0.2, 0) is 22.5 Å². The van der Waals surface area contributed by atoms with Gasteiger partial charge in [0, 0.05) is 26.1 Å². The second kappa shape index (κ2) is 8.02. The molecule has 1 aromatic rings. The summed E-state index contributed by atoms with van der Waals surface area (Å²) in [5, 5.41) is 2.09. The third-order valence-corrected chi connectivity index (χ3v) is 3.70. The SMILES string of the molecule is CCOCCC[NH2+]CC(=O)N1CCc2ccccc2C1. The third-order valence-electron chi connectivity index (χ3n) is 3.70. The molecule has 0 saturated heterocycles. The molecule has 1 aliphatic rings. The molecule has 2 N–H and O–H groups in total. The van der Waals surface area contributed by atoms with Crippen molar-refractivity contribution in [3.05, 3.63) is 35.4 Å². The van der Waals surface area contributed by atoms with E-state index < -0.39 is 0 Å². The van der Waals surface area contributed by atoms with E-state index in [1.165, 1.54) is 11.1 Å². The van der Waals surface area contributed by atoms with E-state index in [0.717, 1.165) is 45.7 Å². The van der Waals surface area contributed by atoms with Gasteiger partial charge in [-0.15, -0.1) is 0 Å². The highest BCUT2D eigenvalue weighted by molar-refractivity contribution is 5.77. The smallest absolute Gasteiger partial charge is 0.277 e. The fraction of sp³-hybridized carbons (Fsp3) is 0.562. The quantitative estimate of drug-likeness (QED) is 0.740. The average molecular weight is 277 g/mol. The zero-order valence-electron chi connectivity index (χ0n) is 12.3. The Morgan fingerprint density at radius 1 is 1.35 bits per heavy atom. The van der Waals surface area contributed by atoms with Crippen LogP contribution in [0.4, 0.5) is 0 Å². The fourth-order valence-corrected chi connectivity index (χ4v) is 2.54. The van der Waals surface area contributed by atoms with Crippen molar-refractivity contribution in [1.82, 2.24) is 4.90 Å². The van der Waals surface area contributed by atoms with E-state index in [9.17, 15) is 4.79 Å². The minimum absolute atomic E-state index is 0.246. The zero-order valence-corrected chi connectivity index (χ0v) is 12.3. The van der Waals surface area contributed by atoms with Gasteiger partial charge in [0.25, 0.3) is 5.91 Å². The largest absolute Gasteiger partial charge is 0.382 e. The highest BCUT2D eigenvalue weighted by Crippen LogP contribution is 2.17. The summed E-state index contributed by atoms with van der Waals surface area (Å²) in [6.07, 6.45) is 1.98. The Balaban J connectivity index is 1.69. The van der Waals surface area contributed by atoms with Crippen molar-refractivity contribution in [1.29, 1.82) is 0 Å². The third kappa shape index (κ3) is 4.32. The first-order chi connectivity index (χ1) is 9.81. The van der Waals surface area contributed by atoms with Crippen LogP contribution < -0.4 is 5.32 Å². The number of rotatable bonds is 7. The first-order valence-electron chi connectivity index (χ1n) is 7.55. The lowest BCUT2D eigenvalue weighted by atomic mass is 10.00. The Morgan fingerprint density at radius 3 is 2.95 bits per heavy atom. The van der Waals surface area contributed by atoms with E-state index in [-0.39, 0.29) is 5.91 Å². The maximum Gasteiger partial charge on any atom is 0.277 e. The highest BCUT2D eigenvalue weighted by Gasteiger charge is 2.20. The maximum absolute atomic E-state index is 12.2. The number of hydrogen-bond acceptors (Lipinski definition) is 2. The Bertz CT molecular complexity index is 434. The summed E-state index contributed by atoms with van der Waals surface area (Å²) in [6, 6.07) is 8.41. The molecule has 1 aromatic carbocycles. The molecule has 1 heterocycles. The summed E-state index contributed by atoms with van der Waals surface area (Å²) in [6.45, 7) is 6.68. The average Bonchev–Trinajstić information content (AvgIpc) is 2.50. The van der Waals surface area contributed by atoms with Crippen LogP contribution in [0, 0.1) is 0 Å². The topological polar surface area (TPSA) is 46.1 Å². The summed E-state index contributed by atoms with van der Waals surface area (Å²) in [5.74, 6) is 0.246. The standard InChI is InChI=1S/C16H24N2O2/c1-2-20-11-5-9-17-12-16(19)18-10-8-14-6-3-4-7-15(14)13-18/h3-4,6-7,17H,2,5,8-13H2,1H3/p+1. The molecule has 110 valence electrons. The Hall–Kier alpha value is -1.39. The highest BCUT2D eigenvalue weighted by atomic mass is 16.5. The summed E-state index contributed by atoms with van der Waals surface area (Å²) in [4.78, 5) is 14.1. The molecule has 0 bridgehead atoms. The number of ether oxygens (including phenoxy) is 1. The van der Waals surface area contributed by atoms with Crippen LogP contribution in [0.15, 0.2) is 24.3 Å². The Morgan fingerprint density at radius 2 is 2.15 bits per heavy atom. The number of fused-ring (bicyclic) bond motifs is 1. The molecule has 0 saturated carbocycles. The zero-order chi connectivity index (χ0) is 14.2. The van der Waals surface area contributed by atoms with E-state index >= 15 is 0 Å². The second-order valence-corrected chi connectivity index (χ2v) is 5.17. The number of carbonyl (C=O) groups excluding carboxylic acids is 1. The Kier molecular flexibility index (Phi) is 6.02. The van der Waals surface area contributed by atoms with E-state index in [2.05, 4.69) is 23.5 Å². The molecule has 0 aliphatic carbocycles. The van der Waals surface area contributed by atoms with Gasteiger partial charge in [0.05, 0.1) is 13.2 Å². The van der Waals surface area contributed by atoms with Crippen LogP contribution in [-0.4, -0.2) is 43.7 Å². The van der Waals surface area contributed by atoms with Crippen molar-refractivity contribution in [3.63, 3.8) is 0 Å². The van der Waals surface area contributed by atoms with Crippen molar-refractivity contribution in [2.75, 3.05) is 32.8 Å². The molecule has 0 spiro atoms. The van der Waals surface area contributed by atoms with Gasteiger partial charge >= 0.3 is 0 Å². The van der Waals surface area contributed by atoms with Gasteiger partial charge in [0.1, 0.15) is 0 Å². The van der Waals surface area contributed by atoms with Crippen LogP contribution in [0.5, 0.6) is 0 Å². The number of nitrogens with two attached hydrogens (primary N) is 1. The monoisotopic (exact) mass is 277 g/mol. The van der Waals surface area contributed by atoms with Gasteiger partial charge in [-0.1, -0.05) is 24.3 Å².